The first kappa shape index (κ1) is 20.1. The van der Waals surface area contributed by atoms with Crippen molar-refractivity contribution >= 4 is 28.5 Å². The first-order chi connectivity index (χ1) is 14.5. The van der Waals surface area contributed by atoms with Crippen molar-refractivity contribution in [3.05, 3.63) is 63.0 Å². The summed E-state index contributed by atoms with van der Waals surface area (Å²) in [5, 5.41) is 4.05. The highest BCUT2D eigenvalue weighted by Crippen LogP contribution is 2.37. The van der Waals surface area contributed by atoms with Crippen LogP contribution in [0.5, 0.6) is 17.2 Å². The highest BCUT2D eigenvalue weighted by atomic mass is 35.5. The number of halogens is 1. The Kier molecular flexibility index (Phi) is 5.81. The minimum Gasteiger partial charge on any atom is -0.489 e. The molecule has 1 aliphatic rings. The van der Waals surface area contributed by atoms with Crippen LogP contribution in [-0.2, 0) is 11.3 Å². The van der Waals surface area contributed by atoms with Crippen LogP contribution in [0.4, 0.5) is 0 Å². The number of hydrogen-bond donors (Lipinski definition) is 1. The van der Waals surface area contributed by atoms with Crippen molar-refractivity contribution in [3.63, 3.8) is 0 Å². The molecule has 1 aliphatic heterocycles. The molecule has 4 rings (SSSR count). The predicted molar refractivity (Wildman–Crippen MR) is 112 cm³/mol. The van der Waals surface area contributed by atoms with Gasteiger partial charge >= 0.3 is 5.63 Å². The molecule has 1 amide bonds. The summed E-state index contributed by atoms with van der Waals surface area (Å²) in [7, 11) is 0. The molecule has 7 nitrogen and oxygen atoms in total. The molecule has 0 atom stereocenters. The van der Waals surface area contributed by atoms with Gasteiger partial charge in [0.2, 0.25) is 0 Å². The summed E-state index contributed by atoms with van der Waals surface area (Å²) in [6.07, 6.45) is 0.784. The van der Waals surface area contributed by atoms with Crippen molar-refractivity contribution < 1.29 is 23.4 Å². The Balaban J connectivity index is 1.36. The van der Waals surface area contributed by atoms with Crippen LogP contribution in [-0.4, -0.2) is 25.7 Å². The summed E-state index contributed by atoms with van der Waals surface area (Å²) in [6, 6.07) is 10.1. The molecule has 1 aromatic heterocycles. The zero-order valence-corrected chi connectivity index (χ0v) is 17.1. The number of carbonyl (C=O) groups is 1. The predicted octanol–water partition coefficient (Wildman–Crippen LogP) is 3.61. The fourth-order valence-electron chi connectivity index (χ4n) is 3.18. The summed E-state index contributed by atoms with van der Waals surface area (Å²) < 4.78 is 22.0. The van der Waals surface area contributed by atoms with E-state index in [1.54, 1.807) is 30.3 Å². The molecule has 0 radical (unpaired) electrons. The lowest BCUT2D eigenvalue weighted by Gasteiger charge is -2.12. The molecule has 2 aromatic carbocycles. The van der Waals surface area contributed by atoms with Gasteiger partial charge < -0.3 is 23.9 Å². The zero-order valence-electron chi connectivity index (χ0n) is 16.3. The SMILES string of the molecule is Cc1cc(=O)oc2cc(OCC(=O)NCc3cc(Cl)c4c(c3)OCCCO4)ccc12. The Hall–Kier alpha value is -3.19. The number of nitrogens with one attached hydrogen (secondary N) is 1. The molecule has 0 saturated carbocycles. The second-order valence-electron chi connectivity index (χ2n) is 6.93. The van der Waals surface area contributed by atoms with Gasteiger partial charge in [-0.05, 0) is 42.3 Å². The van der Waals surface area contributed by atoms with Crippen LogP contribution < -0.4 is 25.2 Å². The van der Waals surface area contributed by atoms with Gasteiger partial charge in [0.15, 0.2) is 18.1 Å². The van der Waals surface area contributed by atoms with Crippen LogP contribution in [0.3, 0.4) is 0 Å². The molecule has 0 bridgehead atoms. The number of rotatable bonds is 5. The van der Waals surface area contributed by atoms with Crippen LogP contribution in [0.2, 0.25) is 5.02 Å². The average Bonchev–Trinajstić information content (AvgIpc) is 2.96. The van der Waals surface area contributed by atoms with E-state index < -0.39 is 5.63 Å². The van der Waals surface area contributed by atoms with E-state index in [9.17, 15) is 9.59 Å². The smallest absolute Gasteiger partial charge is 0.336 e. The van der Waals surface area contributed by atoms with Crippen LogP contribution in [0.15, 0.2) is 45.6 Å². The molecular formula is C22H20ClNO6. The second-order valence-corrected chi connectivity index (χ2v) is 7.33. The van der Waals surface area contributed by atoms with Crippen molar-refractivity contribution in [2.75, 3.05) is 19.8 Å². The Morgan fingerprint density at radius 3 is 2.87 bits per heavy atom. The summed E-state index contributed by atoms with van der Waals surface area (Å²) in [5.41, 5.74) is 1.60. The van der Waals surface area contributed by atoms with Gasteiger partial charge in [0.1, 0.15) is 11.3 Å². The Morgan fingerprint density at radius 1 is 1.17 bits per heavy atom. The number of aryl methyl sites for hydroxylation is 1. The van der Waals surface area contributed by atoms with E-state index in [0.717, 1.165) is 22.9 Å². The molecule has 156 valence electrons. The zero-order chi connectivity index (χ0) is 21.1. The molecule has 0 saturated heterocycles. The first-order valence-corrected chi connectivity index (χ1v) is 9.89. The van der Waals surface area contributed by atoms with E-state index in [0.29, 0.717) is 41.1 Å². The highest BCUT2D eigenvalue weighted by molar-refractivity contribution is 6.32. The normalized spacial score (nSPS) is 13.0. The van der Waals surface area contributed by atoms with Gasteiger partial charge in [-0.15, -0.1) is 0 Å². The lowest BCUT2D eigenvalue weighted by molar-refractivity contribution is -0.123. The Morgan fingerprint density at radius 2 is 2.00 bits per heavy atom. The lowest BCUT2D eigenvalue weighted by Crippen LogP contribution is -2.28. The molecule has 0 spiro atoms. The number of amides is 1. The fourth-order valence-corrected chi connectivity index (χ4v) is 3.47. The summed E-state index contributed by atoms with van der Waals surface area (Å²) in [5.74, 6) is 1.24. The van der Waals surface area contributed by atoms with Gasteiger partial charge in [-0.25, -0.2) is 4.79 Å². The number of fused-ring (bicyclic) bond motifs is 2. The maximum Gasteiger partial charge on any atom is 0.336 e. The maximum absolute atomic E-state index is 12.2. The van der Waals surface area contributed by atoms with Crippen molar-refractivity contribution in [2.45, 2.75) is 19.9 Å². The van der Waals surface area contributed by atoms with Crippen molar-refractivity contribution in [2.24, 2.45) is 0 Å². The molecule has 0 unspecified atom stereocenters. The number of ether oxygens (including phenoxy) is 3. The number of benzene rings is 2. The Labute approximate surface area is 177 Å². The minimum atomic E-state index is -0.427. The standard InChI is InChI=1S/C22H20ClNO6/c1-13-7-21(26)30-18-10-15(3-4-16(13)18)29-12-20(25)24-11-14-8-17(23)22-19(9-14)27-5-2-6-28-22/h3-4,7-10H,2,5-6,11-12H2,1H3,(H,24,25). The molecule has 2 heterocycles. The largest absolute Gasteiger partial charge is 0.489 e. The molecule has 0 aliphatic carbocycles. The molecular weight excluding hydrogens is 410 g/mol. The van der Waals surface area contributed by atoms with Crippen LogP contribution in [0, 0.1) is 6.92 Å². The van der Waals surface area contributed by atoms with Crippen molar-refractivity contribution in [3.8, 4) is 17.2 Å². The summed E-state index contributed by atoms with van der Waals surface area (Å²) in [4.78, 5) is 23.7. The van der Waals surface area contributed by atoms with Crippen LogP contribution in [0.1, 0.15) is 17.5 Å². The molecule has 3 aromatic rings. The third-order valence-corrected chi connectivity index (χ3v) is 4.93. The quantitative estimate of drug-likeness (QED) is 0.623. The minimum absolute atomic E-state index is 0.181. The molecule has 0 fully saturated rings. The third kappa shape index (κ3) is 4.52. The van der Waals surface area contributed by atoms with Gasteiger partial charge in [0, 0.05) is 30.5 Å². The first-order valence-electron chi connectivity index (χ1n) is 9.51. The van der Waals surface area contributed by atoms with E-state index >= 15 is 0 Å². The second kappa shape index (κ2) is 8.67. The van der Waals surface area contributed by atoms with Gasteiger partial charge in [0.05, 0.1) is 18.2 Å². The van der Waals surface area contributed by atoms with Crippen LogP contribution in [0.25, 0.3) is 11.0 Å². The van der Waals surface area contributed by atoms with Crippen LogP contribution >= 0.6 is 11.6 Å². The molecule has 8 heteroatoms. The highest BCUT2D eigenvalue weighted by Gasteiger charge is 2.16. The lowest BCUT2D eigenvalue weighted by atomic mass is 10.1. The average molecular weight is 430 g/mol. The topological polar surface area (TPSA) is 87.0 Å². The molecule has 30 heavy (non-hydrogen) atoms. The Bertz CT molecular complexity index is 1160. The number of hydrogen-bond acceptors (Lipinski definition) is 6. The maximum atomic E-state index is 12.2. The van der Waals surface area contributed by atoms with Crippen molar-refractivity contribution in [1.29, 1.82) is 0 Å². The van der Waals surface area contributed by atoms with Gasteiger partial charge in [0.25, 0.3) is 5.91 Å². The summed E-state index contributed by atoms with van der Waals surface area (Å²) in [6.45, 7) is 3.03. The fraction of sp³-hybridized carbons (Fsp3) is 0.273. The van der Waals surface area contributed by atoms with Crippen molar-refractivity contribution in [1.82, 2.24) is 5.32 Å². The van der Waals surface area contributed by atoms with Gasteiger partial charge in [-0.2, -0.15) is 0 Å². The van der Waals surface area contributed by atoms with Gasteiger partial charge in [-0.3, -0.25) is 4.79 Å². The van der Waals surface area contributed by atoms with Gasteiger partial charge in [-0.1, -0.05) is 11.6 Å². The van der Waals surface area contributed by atoms with E-state index in [-0.39, 0.29) is 19.1 Å². The third-order valence-electron chi connectivity index (χ3n) is 4.64. The van der Waals surface area contributed by atoms with E-state index in [1.807, 2.05) is 6.92 Å². The monoisotopic (exact) mass is 429 g/mol. The van der Waals surface area contributed by atoms with E-state index in [2.05, 4.69) is 5.32 Å². The van der Waals surface area contributed by atoms with E-state index in [1.165, 1.54) is 6.07 Å². The van der Waals surface area contributed by atoms with E-state index in [4.69, 9.17) is 30.2 Å². The number of carbonyl (C=O) groups excluding carboxylic acids is 1. The molecule has 1 N–H and O–H groups in total. The summed E-state index contributed by atoms with van der Waals surface area (Å²) >= 11 is 6.27.